The zero-order valence-corrected chi connectivity index (χ0v) is 12.4. The minimum absolute atomic E-state index is 0.118. The Kier molecular flexibility index (Phi) is 3.89. The molecule has 3 rings (SSSR count). The van der Waals surface area contributed by atoms with Crippen molar-refractivity contribution < 1.29 is 9.18 Å². The maximum atomic E-state index is 14.0. The van der Waals surface area contributed by atoms with Gasteiger partial charge in [-0.05, 0) is 30.7 Å². The van der Waals surface area contributed by atoms with Crippen molar-refractivity contribution >= 4 is 22.6 Å². The van der Waals surface area contributed by atoms with Crippen LogP contribution in [0.3, 0.4) is 0 Å². The highest BCUT2D eigenvalue weighted by molar-refractivity contribution is 5.91. The van der Waals surface area contributed by atoms with Crippen LogP contribution in [0.2, 0.25) is 0 Å². The van der Waals surface area contributed by atoms with Crippen molar-refractivity contribution in [2.24, 2.45) is 0 Å². The van der Waals surface area contributed by atoms with Crippen molar-refractivity contribution in [3.63, 3.8) is 0 Å². The molecule has 5 nitrogen and oxygen atoms in total. The first-order valence-corrected chi connectivity index (χ1v) is 7.05. The summed E-state index contributed by atoms with van der Waals surface area (Å²) in [5.74, 6) is -0.470. The van der Waals surface area contributed by atoms with E-state index in [-0.39, 0.29) is 28.8 Å². The molecule has 0 radical (unpaired) electrons. The van der Waals surface area contributed by atoms with Crippen molar-refractivity contribution in [3.05, 3.63) is 70.4 Å². The number of para-hydroxylation sites is 1. The van der Waals surface area contributed by atoms with Gasteiger partial charge in [0.05, 0.1) is 5.52 Å². The number of carbonyl (C=O) groups is 1. The fourth-order valence-electron chi connectivity index (χ4n) is 2.34. The second-order valence-corrected chi connectivity index (χ2v) is 5.21. The normalized spacial score (nSPS) is 10.7. The van der Waals surface area contributed by atoms with Crippen LogP contribution in [0.5, 0.6) is 0 Å². The number of aromatic nitrogens is 2. The number of nitrogens with zero attached hydrogens (tertiary/aromatic N) is 2. The molecule has 1 aromatic carbocycles. The fourth-order valence-corrected chi connectivity index (χ4v) is 2.34. The predicted molar refractivity (Wildman–Crippen MR) is 85.8 cm³/mol. The molecule has 1 N–H and O–H groups in total. The van der Waals surface area contributed by atoms with Gasteiger partial charge in [0.25, 0.3) is 0 Å². The number of hydrogen-bond acceptors (Lipinski definition) is 3. The number of benzene rings is 1. The number of carbonyl (C=O) groups excluding carboxylic acids is 1. The number of nitrogens with one attached hydrogen (secondary N) is 1. The lowest BCUT2D eigenvalue weighted by atomic mass is 10.2. The number of pyridine rings is 2. The number of hydrogen-bond donors (Lipinski definition) is 1. The van der Waals surface area contributed by atoms with E-state index in [0.29, 0.717) is 5.82 Å². The van der Waals surface area contributed by atoms with Crippen LogP contribution in [0, 0.1) is 12.7 Å². The monoisotopic (exact) mass is 311 g/mol. The maximum absolute atomic E-state index is 14.0. The molecule has 0 bridgehead atoms. The third-order valence-corrected chi connectivity index (χ3v) is 3.44. The van der Waals surface area contributed by atoms with Crippen molar-refractivity contribution in [1.29, 1.82) is 0 Å². The van der Waals surface area contributed by atoms with Gasteiger partial charge in [-0.2, -0.15) is 0 Å². The molecule has 1 amide bonds. The SMILES string of the molecule is Cc1ccc(NC(=O)Cn2ccc(=O)c3cccc(F)c32)nc1. The van der Waals surface area contributed by atoms with Crippen LogP contribution in [-0.4, -0.2) is 15.5 Å². The first-order chi connectivity index (χ1) is 11.0. The summed E-state index contributed by atoms with van der Waals surface area (Å²) in [5, 5.41) is 2.89. The van der Waals surface area contributed by atoms with Crippen LogP contribution >= 0.6 is 0 Å². The highest BCUT2D eigenvalue weighted by atomic mass is 19.1. The topological polar surface area (TPSA) is 64.0 Å². The summed E-state index contributed by atoms with van der Waals surface area (Å²) in [6.45, 7) is 1.78. The Balaban J connectivity index is 1.89. The van der Waals surface area contributed by atoms with E-state index in [1.165, 1.54) is 35.0 Å². The van der Waals surface area contributed by atoms with E-state index in [1.807, 2.05) is 13.0 Å². The molecule has 0 fully saturated rings. The van der Waals surface area contributed by atoms with Gasteiger partial charge in [0, 0.05) is 23.8 Å². The number of amides is 1. The summed E-state index contributed by atoms with van der Waals surface area (Å²) in [6.07, 6.45) is 3.06. The summed E-state index contributed by atoms with van der Waals surface area (Å²) >= 11 is 0. The van der Waals surface area contributed by atoms with E-state index in [0.717, 1.165) is 5.56 Å². The Labute approximate surface area is 131 Å². The molecular formula is C17H14FN3O2. The van der Waals surface area contributed by atoms with Crippen molar-refractivity contribution in [2.75, 3.05) is 5.32 Å². The maximum Gasteiger partial charge on any atom is 0.245 e. The summed E-state index contributed by atoms with van der Waals surface area (Å²) in [6, 6.07) is 9.11. The zero-order valence-electron chi connectivity index (χ0n) is 12.4. The number of fused-ring (bicyclic) bond motifs is 1. The molecule has 2 heterocycles. The summed E-state index contributed by atoms with van der Waals surface area (Å²) in [7, 11) is 0. The van der Waals surface area contributed by atoms with Crippen LogP contribution in [0.1, 0.15) is 5.56 Å². The molecule has 6 heteroatoms. The average Bonchev–Trinajstić information content (AvgIpc) is 2.53. The summed E-state index contributed by atoms with van der Waals surface area (Å²) in [5.41, 5.74) is 0.819. The average molecular weight is 311 g/mol. The third kappa shape index (κ3) is 3.11. The first kappa shape index (κ1) is 14.9. The molecular weight excluding hydrogens is 297 g/mol. The van der Waals surface area contributed by atoms with E-state index in [2.05, 4.69) is 10.3 Å². The van der Waals surface area contributed by atoms with Gasteiger partial charge in [-0.3, -0.25) is 9.59 Å². The smallest absolute Gasteiger partial charge is 0.245 e. The van der Waals surface area contributed by atoms with Crippen molar-refractivity contribution in [3.8, 4) is 0 Å². The predicted octanol–water partition coefficient (Wildman–Crippen LogP) is 2.48. The molecule has 23 heavy (non-hydrogen) atoms. The molecule has 116 valence electrons. The summed E-state index contributed by atoms with van der Waals surface area (Å²) < 4.78 is 15.5. The van der Waals surface area contributed by atoms with Crippen molar-refractivity contribution in [1.82, 2.24) is 9.55 Å². The van der Waals surface area contributed by atoms with Crippen LogP contribution in [0.15, 0.2) is 53.6 Å². The van der Waals surface area contributed by atoms with Crippen LogP contribution < -0.4 is 10.7 Å². The Morgan fingerprint density at radius 3 is 2.83 bits per heavy atom. The molecule has 0 aliphatic carbocycles. The van der Waals surface area contributed by atoms with Gasteiger partial charge in [0.2, 0.25) is 5.91 Å². The molecule has 0 aliphatic heterocycles. The van der Waals surface area contributed by atoms with Crippen molar-refractivity contribution in [2.45, 2.75) is 13.5 Å². The second-order valence-electron chi connectivity index (χ2n) is 5.21. The quantitative estimate of drug-likeness (QED) is 0.808. The molecule has 0 unspecified atom stereocenters. The van der Waals surface area contributed by atoms with Gasteiger partial charge < -0.3 is 9.88 Å². The molecule has 0 aliphatic rings. The van der Waals surface area contributed by atoms with Crippen LogP contribution in [-0.2, 0) is 11.3 Å². The Hall–Kier alpha value is -3.02. The van der Waals surface area contributed by atoms with Gasteiger partial charge in [-0.25, -0.2) is 9.37 Å². The third-order valence-electron chi connectivity index (χ3n) is 3.44. The van der Waals surface area contributed by atoms with E-state index in [1.54, 1.807) is 12.3 Å². The number of halogens is 1. The van der Waals surface area contributed by atoms with Gasteiger partial charge in [0.15, 0.2) is 5.43 Å². The van der Waals surface area contributed by atoms with E-state index < -0.39 is 5.82 Å². The Morgan fingerprint density at radius 2 is 2.09 bits per heavy atom. The summed E-state index contributed by atoms with van der Waals surface area (Å²) in [4.78, 5) is 28.0. The Morgan fingerprint density at radius 1 is 1.26 bits per heavy atom. The number of rotatable bonds is 3. The molecule has 3 aromatic rings. The lowest BCUT2D eigenvalue weighted by Crippen LogP contribution is -2.21. The lowest BCUT2D eigenvalue weighted by Gasteiger charge is -2.11. The van der Waals surface area contributed by atoms with Crippen LogP contribution in [0.4, 0.5) is 10.2 Å². The van der Waals surface area contributed by atoms with Crippen LogP contribution in [0.25, 0.3) is 10.9 Å². The largest absolute Gasteiger partial charge is 0.335 e. The second kappa shape index (κ2) is 6.00. The number of anilines is 1. The standard InChI is InChI=1S/C17H14FN3O2/c1-11-5-6-15(19-9-11)20-16(23)10-21-8-7-14(22)12-3-2-4-13(18)17(12)21/h2-9H,10H2,1H3,(H,19,20,23). The minimum Gasteiger partial charge on any atom is -0.335 e. The van der Waals surface area contributed by atoms with E-state index in [9.17, 15) is 14.0 Å². The first-order valence-electron chi connectivity index (χ1n) is 7.05. The van der Waals surface area contributed by atoms with E-state index in [4.69, 9.17) is 0 Å². The molecule has 0 atom stereocenters. The highest BCUT2D eigenvalue weighted by Crippen LogP contribution is 2.14. The Bertz CT molecular complexity index is 933. The molecule has 0 saturated carbocycles. The van der Waals surface area contributed by atoms with Gasteiger partial charge in [0.1, 0.15) is 18.2 Å². The number of aryl methyl sites for hydroxylation is 1. The highest BCUT2D eigenvalue weighted by Gasteiger charge is 2.11. The van der Waals surface area contributed by atoms with Gasteiger partial charge >= 0.3 is 0 Å². The molecule has 0 spiro atoms. The zero-order chi connectivity index (χ0) is 16.4. The van der Waals surface area contributed by atoms with E-state index >= 15 is 0 Å². The minimum atomic E-state index is -0.540. The lowest BCUT2D eigenvalue weighted by molar-refractivity contribution is -0.116. The molecule has 0 saturated heterocycles. The van der Waals surface area contributed by atoms with Gasteiger partial charge in [-0.15, -0.1) is 0 Å². The fraction of sp³-hybridized carbons (Fsp3) is 0.118. The van der Waals surface area contributed by atoms with Gasteiger partial charge in [-0.1, -0.05) is 12.1 Å². The molecule has 2 aromatic heterocycles.